The monoisotopic (exact) mass is 370 g/mol. The molecule has 0 bridgehead atoms. The molecular weight excluding hydrogens is 316 g/mol. The van der Waals surface area contributed by atoms with Crippen molar-refractivity contribution >= 4 is 0 Å². The third kappa shape index (κ3) is 31.7. The van der Waals surface area contributed by atoms with E-state index in [-0.39, 0.29) is 0 Å². The molecule has 2 heteroatoms. The Kier molecular flexibility index (Phi) is 32.1. The number of nitrogens with one attached hydrogen (secondary N) is 2. The van der Waals surface area contributed by atoms with Crippen LogP contribution in [0.5, 0.6) is 0 Å². The number of unbranched alkanes of at least 4 members (excludes halogenated alkanes) is 12. The highest BCUT2D eigenvalue weighted by Crippen LogP contribution is 2.00. The van der Waals surface area contributed by atoms with Gasteiger partial charge in [-0.15, -0.1) is 0 Å². The van der Waals surface area contributed by atoms with Gasteiger partial charge in [0.05, 0.1) is 0 Å². The molecule has 26 heavy (non-hydrogen) atoms. The van der Waals surface area contributed by atoms with Crippen molar-refractivity contribution in [2.24, 2.45) is 0 Å². The summed E-state index contributed by atoms with van der Waals surface area (Å²) in [5.41, 5.74) is 0. The third-order valence-corrected chi connectivity index (χ3v) is 4.83. The second kappa shape index (κ2) is 29.7. The van der Waals surface area contributed by atoms with Gasteiger partial charge in [-0.2, -0.15) is 0 Å². The van der Waals surface area contributed by atoms with Crippen LogP contribution in [0.4, 0.5) is 0 Å². The highest BCUT2D eigenvalue weighted by molar-refractivity contribution is 4.50. The first kappa shape index (κ1) is 28.1. The summed E-state index contributed by atoms with van der Waals surface area (Å²) in [6.07, 6.45) is 22.0. The van der Waals surface area contributed by atoms with E-state index in [1.54, 1.807) is 0 Å². The Morgan fingerprint density at radius 3 is 0.731 bits per heavy atom. The van der Waals surface area contributed by atoms with Crippen LogP contribution >= 0.6 is 0 Å². The highest BCUT2D eigenvalue weighted by Gasteiger charge is 1.90. The Morgan fingerprint density at radius 2 is 0.538 bits per heavy atom. The van der Waals surface area contributed by atoms with Crippen molar-refractivity contribution in [3.05, 3.63) is 0 Å². The number of hydrogen-bond donors (Lipinski definition) is 2. The van der Waals surface area contributed by atoms with Crippen LogP contribution in [0.2, 0.25) is 0 Å². The van der Waals surface area contributed by atoms with Crippen molar-refractivity contribution in [3.63, 3.8) is 0 Å². The van der Waals surface area contributed by atoms with Gasteiger partial charge >= 0.3 is 0 Å². The number of hydrogen-bond acceptors (Lipinski definition) is 2. The molecule has 0 fully saturated rings. The van der Waals surface area contributed by atoms with Gasteiger partial charge < -0.3 is 10.6 Å². The van der Waals surface area contributed by atoms with Crippen molar-refractivity contribution < 1.29 is 0 Å². The summed E-state index contributed by atoms with van der Waals surface area (Å²) >= 11 is 0. The van der Waals surface area contributed by atoms with Crippen LogP contribution in [-0.4, -0.2) is 26.2 Å². The molecule has 0 aromatic heterocycles. The van der Waals surface area contributed by atoms with Crippen LogP contribution in [0.15, 0.2) is 0 Å². The average molecular weight is 371 g/mol. The van der Waals surface area contributed by atoms with E-state index in [0.717, 1.165) is 0 Å². The Balaban J connectivity index is 0. The Labute approximate surface area is 167 Å². The van der Waals surface area contributed by atoms with E-state index >= 15 is 0 Å². The molecule has 160 valence electrons. The van der Waals surface area contributed by atoms with Gasteiger partial charge in [-0.25, -0.2) is 0 Å². The molecule has 0 saturated heterocycles. The maximum absolute atomic E-state index is 3.50. The van der Waals surface area contributed by atoms with Crippen molar-refractivity contribution in [2.75, 3.05) is 26.2 Å². The molecule has 2 N–H and O–H groups in total. The SMILES string of the molecule is CCCCCCNCCCCCC.CCCCCCNCCCCCC. The minimum absolute atomic E-state index is 1.23. The lowest BCUT2D eigenvalue weighted by atomic mass is 10.2. The van der Waals surface area contributed by atoms with E-state index in [1.807, 2.05) is 0 Å². The fraction of sp³-hybridized carbons (Fsp3) is 1.00. The summed E-state index contributed by atoms with van der Waals surface area (Å²) in [5.74, 6) is 0. The standard InChI is InChI=1S/2C12H27N/c2*1-3-5-7-9-11-13-12-10-8-6-4-2/h2*13H,3-12H2,1-2H3. The first-order valence-electron chi connectivity index (χ1n) is 12.2. The van der Waals surface area contributed by atoms with Crippen molar-refractivity contribution in [1.29, 1.82) is 0 Å². The van der Waals surface area contributed by atoms with Crippen LogP contribution in [0.1, 0.15) is 130 Å². The second-order valence-electron chi connectivity index (χ2n) is 7.74. The molecule has 0 rings (SSSR count). The predicted octanol–water partition coefficient (Wildman–Crippen LogP) is 7.47. The van der Waals surface area contributed by atoms with Gasteiger partial charge in [-0.05, 0) is 51.9 Å². The van der Waals surface area contributed by atoms with E-state index in [4.69, 9.17) is 0 Å². The molecule has 0 heterocycles. The Morgan fingerprint density at radius 1 is 0.308 bits per heavy atom. The normalized spacial score (nSPS) is 10.6. The molecule has 0 amide bonds. The minimum atomic E-state index is 1.23. The summed E-state index contributed by atoms with van der Waals surface area (Å²) in [7, 11) is 0. The molecule has 0 spiro atoms. The van der Waals surface area contributed by atoms with Gasteiger partial charge in [0.1, 0.15) is 0 Å². The maximum Gasteiger partial charge on any atom is -0.00489 e. The molecule has 0 aliphatic heterocycles. The molecule has 0 aliphatic rings. The Bertz CT molecular complexity index is 164. The largest absolute Gasteiger partial charge is 0.317 e. The molecule has 0 aromatic carbocycles. The smallest absolute Gasteiger partial charge is 0.00489 e. The average Bonchev–Trinajstić information content (AvgIpc) is 2.66. The quantitative estimate of drug-likeness (QED) is 0.217. The van der Waals surface area contributed by atoms with Crippen LogP contribution < -0.4 is 10.6 Å². The van der Waals surface area contributed by atoms with Crippen molar-refractivity contribution in [1.82, 2.24) is 10.6 Å². The van der Waals surface area contributed by atoms with Crippen LogP contribution in [-0.2, 0) is 0 Å². The summed E-state index contributed by atoms with van der Waals surface area (Å²) in [6.45, 7) is 14.0. The van der Waals surface area contributed by atoms with Gasteiger partial charge in [0.2, 0.25) is 0 Å². The number of rotatable bonds is 20. The molecule has 2 nitrogen and oxygen atoms in total. The summed E-state index contributed by atoms with van der Waals surface area (Å²) in [6, 6.07) is 0. The van der Waals surface area contributed by atoms with E-state index in [0.29, 0.717) is 0 Å². The molecule has 0 aromatic rings. The molecule has 0 saturated carbocycles. The van der Waals surface area contributed by atoms with E-state index < -0.39 is 0 Å². The minimum Gasteiger partial charge on any atom is -0.317 e. The van der Waals surface area contributed by atoms with E-state index in [2.05, 4.69) is 38.3 Å². The highest BCUT2D eigenvalue weighted by atomic mass is 14.8. The zero-order valence-electron chi connectivity index (χ0n) is 19.1. The van der Waals surface area contributed by atoms with Gasteiger partial charge in [0.25, 0.3) is 0 Å². The molecule has 0 aliphatic carbocycles. The first-order chi connectivity index (χ1) is 12.8. The van der Waals surface area contributed by atoms with Gasteiger partial charge in [0.15, 0.2) is 0 Å². The molecule has 0 atom stereocenters. The Hall–Kier alpha value is -0.0800. The van der Waals surface area contributed by atoms with Crippen LogP contribution in [0, 0.1) is 0 Å². The summed E-state index contributed by atoms with van der Waals surface area (Å²) < 4.78 is 0. The predicted molar refractivity (Wildman–Crippen MR) is 122 cm³/mol. The lowest BCUT2D eigenvalue weighted by molar-refractivity contribution is 0.564. The van der Waals surface area contributed by atoms with Crippen molar-refractivity contribution in [3.8, 4) is 0 Å². The molecule has 0 unspecified atom stereocenters. The topological polar surface area (TPSA) is 24.1 Å². The molecule has 0 radical (unpaired) electrons. The van der Waals surface area contributed by atoms with Gasteiger partial charge in [0, 0.05) is 0 Å². The van der Waals surface area contributed by atoms with Gasteiger partial charge in [-0.3, -0.25) is 0 Å². The second-order valence-corrected chi connectivity index (χ2v) is 7.74. The van der Waals surface area contributed by atoms with Crippen LogP contribution in [0.3, 0.4) is 0 Å². The zero-order chi connectivity index (χ0) is 19.6. The fourth-order valence-corrected chi connectivity index (χ4v) is 2.96. The molecular formula is C24H54N2. The lowest BCUT2D eigenvalue weighted by Gasteiger charge is -2.03. The summed E-state index contributed by atoms with van der Waals surface area (Å²) in [4.78, 5) is 0. The van der Waals surface area contributed by atoms with Crippen LogP contribution in [0.25, 0.3) is 0 Å². The zero-order valence-corrected chi connectivity index (χ0v) is 19.1. The lowest BCUT2D eigenvalue weighted by Crippen LogP contribution is -2.16. The van der Waals surface area contributed by atoms with Gasteiger partial charge in [-0.1, -0.05) is 105 Å². The fourth-order valence-electron chi connectivity index (χ4n) is 2.96. The maximum atomic E-state index is 3.50. The van der Waals surface area contributed by atoms with E-state index in [9.17, 15) is 0 Å². The third-order valence-electron chi connectivity index (χ3n) is 4.83. The summed E-state index contributed by atoms with van der Waals surface area (Å²) in [5, 5.41) is 7.01. The first-order valence-corrected chi connectivity index (χ1v) is 12.2. The van der Waals surface area contributed by atoms with Crippen molar-refractivity contribution in [2.45, 2.75) is 130 Å². The van der Waals surface area contributed by atoms with E-state index in [1.165, 1.54) is 129 Å².